The predicted molar refractivity (Wildman–Crippen MR) is 98.3 cm³/mol. The van der Waals surface area contributed by atoms with Crippen molar-refractivity contribution in [2.24, 2.45) is 0 Å². The third-order valence-electron chi connectivity index (χ3n) is 4.52. The summed E-state index contributed by atoms with van der Waals surface area (Å²) in [5.41, 5.74) is 1.66. The van der Waals surface area contributed by atoms with Gasteiger partial charge in [0.2, 0.25) is 0 Å². The summed E-state index contributed by atoms with van der Waals surface area (Å²) in [6.45, 7) is 10.3. The molecule has 4 heteroatoms. The van der Waals surface area contributed by atoms with Gasteiger partial charge in [0.05, 0.1) is 5.56 Å². The first-order valence-corrected chi connectivity index (χ1v) is 8.65. The van der Waals surface area contributed by atoms with E-state index in [1.807, 2.05) is 26.0 Å². The lowest BCUT2D eigenvalue weighted by Crippen LogP contribution is -2.22. The van der Waals surface area contributed by atoms with E-state index in [0.29, 0.717) is 17.0 Å². The van der Waals surface area contributed by atoms with Gasteiger partial charge in [0.25, 0.3) is 0 Å². The van der Waals surface area contributed by atoms with Gasteiger partial charge in [-0.1, -0.05) is 76.6 Å². The molecule has 0 fully saturated rings. The van der Waals surface area contributed by atoms with E-state index in [1.54, 1.807) is 6.07 Å². The van der Waals surface area contributed by atoms with Crippen LogP contribution in [-0.4, -0.2) is 0 Å². The molecule has 0 saturated heterocycles. The van der Waals surface area contributed by atoms with E-state index < -0.39 is 17.2 Å². The molecule has 136 valence electrons. The molecule has 0 heterocycles. The fourth-order valence-electron chi connectivity index (χ4n) is 2.87. The molecule has 0 aliphatic heterocycles. The lowest BCUT2D eigenvalue weighted by atomic mass is 9.77. The van der Waals surface area contributed by atoms with Crippen LogP contribution in [0.1, 0.15) is 56.9 Å². The molecule has 2 aromatic rings. The van der Waals surface area contributed by atoms with Gasteiger partial charge in [-0.25, -0.2) is 0 Å². The number of rotatable bonds is 3. The molecular weight excluding hydrogens is 345 g/mol. The van der Waals surface area contributed by atoms with Crippen LogP contribution in [0.2, 0.25) is 5.02 Å². The zero-order valence-electron chi connectivity index (χ0n) is 15.3. The Bertz CT molecular complexity index is 752. The first-order valence-electron chi connectivity index (χ1n) is 8.27. The van der Waals surface area contributed by atoms with Gasteiger partial charge in [0, 0.05) is 5.02 Å². The summed E-state index contributed by atoms with van der Waals surface area (Å²) >= 11 is 6.36. The van der Waals surface area contributed by atoms with Crippen molar-refractivity contribution < 1.29 is 13.2 Å². The van der Waals surface area contributed by atoms with Gasteiger partial charge in [0.1, 0.15) is 0 Å². The van der Waals surface area contributed by atoms with E-state index in [9.17, 15) is 13.2 Å². The summed E-state index contributed by atoms with van der Waals surface area (Å²) < 4.78 is 39.0. The Morgan fingerprint density at radius 2 is 1.40 bits per heavy atom. The highest BCUT2D eigenvalue weighted by Crippen LogP contribution is 2.36. The number of benzene rings is 2. The van der Waals surface area contributed by atoms with E-state index in [1.165, 1.54) is 12.1 Å². The van der Waals surface area contributed by atoms with Crippen LogP contribution in [0.15, 0.2) is 42.5 Å². The largest absolute Gasteiger partial charge is 0.416 e. The van der Waals surface area contributed by atoms with Crippen LogP contribution in [0.5, 0.6) is 0 Å². The summed E-state index contributed by atoms with van der Waals surface area (Å²) in [4.78, 5) is 0. The van der Waals surface area contributed by atoms with E-state index in [-0.39, 0.29) is 5.41 Å². The standard InChI is InChI=1S/C21H24ClF3/c1-19(2,3)15-9-10-18(22)14(11-15)13-20(4,5)16-7-6-8-17(12-16)21(23,24)25/h6-12H,13H2,1-5H3. The first-order chi connectivity index (χ1) is 11.3. The molecule has 0 bridgehead atoms. The lowest BCUT2D eigenvalue weighted by molar-refractivity contribution is -0.137. The quantitative estimate of drug-likeness (QED) is 0.538. The number of alkyl halides is 3. The third-order valence-corrected chi connectivity index (χ3v) is 4.88. The molecule has 0 N–H and O–H groups in total. The summed E-state index contributed by atoms with van der Waals surface area (Å²) in [6.07, 6.45) is -3.77. The maximum absolute atomic E-state index is 13.0. The Morgan fingerprint density at radius 1 is 0.800 bits per heavy atom. The van der Waals surface area contributed by atoms with Crippen LogP contribution in [-0.2, 0) is 23.4 Å². The second kappa shape index (κ2) is 6.68. The zero-order valence-corrected chi connectivity index (χ0v) is 16.0. The molecule has 0 aliphatic rings. The fourth-order valence-corrected chi connectivity index (χ4v) is 3.06. The number of hydrogen-bond acceptors (Lipinski definition) is 0. The highest BCUT2D eigenvalue weighted by Gasteiger charge is 2.32. The molecule has 2 rings (SSSR count). The van der Waals surface area contributed by atoms with Gasteiger partial charge in [-0.05, 0) is 46.1 Å². The second-order valence-electron chi connectivity index (χ2n) is 8.20. The van der Waals surface area contributed by atoms with Gasteiger partial charge in [-0.2, -0.15) is 13.2 Å². The molecule has 0 atom stereocenters. The van der Waals surface area contributed by atoms with Crippen molar-refractivity contribution in [2.75, 3.05) is 0 Å². The molecule has 0 aromatic heterocycles. The molecule has 0 spiro atoms. The average molecular weight is 369 g/mol. The van der Waals surface area contributed by atoms with Crippen molar-refractivity contribution in [3.8, 4) is 0 Å². The molecule has 0 unspecified atom stereocenters. The predicted octanol–water partition coefficient (Wildman–Crippen LogP) is 7.18. The molecular formula is C21H24ClF3. The van der Waals surface area contributed by atoms with E-state index in [2.05, 4.69) is 26.8 Å². The minimum absolute atomic E-state index is 0.0142. The van der Waals surface area contributed by atoms with Crippen molar-refractivity contribution in [3.63, 3.8) is 0 Å². The Morgan fingerprint density at radius 3 is 1.96 bits per heavy atom. The Kier molecular flexibility index (Phi) is 5.30. The SMILES string of the molecule is CC(C)(C)c1ccc(Cl)c(CC(C)(C)c2cccc(C(F)(F)F)c2)c1. The monoisotopic (exact) mass is 368 g/mol. The van der Waals surface area contributed by atoms with E-state index in [0.717, 1.165) is 17.2 Å². The first kappa shape index (κ1) is 19.8. The topological polar surface area (TPSA) is 0 Å². The summed E-state index contributed by atoms with van der Waals surface area (Å²) in [7, 11) is 0. The normalized spacial score (nSPS) is 13.2. The van der Waals surface area contributed by atoms with Crippen molar-refractivity contribution in [1.82, 2.24) is 0 Å². The van der Waals surface area contributed by atoms with Crippen molar-refractivity contribution in [2.45, 2.75) is 58.0 Å². The highest BCUT2D eigenvalue weighted by atomic mass is 35.5. The zero-order chi connectivity index (χ0) is 19.0. The third kappa shape index (κ3) is 4.78. The smallest absolute Gasteiger partial charge is 0.166 e. The second-order valence-corrected chi connectivity index (χ2v) is 8.60. The molecule has 2 aromatic carbocycles. The maximum atomic E-state index is 13.0. The average Bonchev–Trinajstić information content (AvgIpc) is 2.47. The van der Waals surface area contributed by atoms with Crippen LogP contribution >= 0.6 is 11.6 Å². The van der Waals surface area contributed by atoms with Crippen molar-refractivity contribution in [3.05, 3.63) is 69.7 Å². The van der Waals surface area contributed by atoms with Gasteiger partial charge < -0.3 is 0 Å². The molecule has 0 amide bonds. The molecule has 0 saturated carbocycles. The molecule has 0 radical (unpaired) electrons. The van der Waals surface area contributed by atoms with Crippen LogP contribution in [0, 0.1) is 0 Å². The number of hydrogen-bond donors (Lipinski definition) is 0. The van der Waals surface area contributed by atoms with Gasteiger partial charge >= 0.3 is 6.18 Å². The van der Waals surface area contributed by atoms with E-state index in [4.69, 9.17) is 11.6 Å². The lowest BCUT2D eigenvalue weighted by Gasteiger charge is -2.28. The summed E-state index contributed by atoms with van der Waals surface area (Å²) in [5, 5.41) is 0.646. The van der Waals surface area contributed by atoms with E-state index >= 15 is 0 Å². The van der Waals surface area contributed by atoms with Gasteiger partial charge in [-0.3, -0.25) is 0 Å². The minimum atomic E-state index is -4.34. The van der Waals surface area contributed by atoms with Gasteiger partial charge in [0.15, 0.2) is 0 Å². The maximum Gasteiger partial charge on any atom is 0.416 e. The Balaban J connectivity index is 2.39. The Hall–Kier alpha value is -1.48. The van der Waals surface area contributed by atoms with Crippen LogP contribution in [0.4, 0.5) is 13.2 Å². The highest BCUT2D eigenvalue weighted by molar-refractivity contribution is 6.31. The summed E-state index contributed by atoms with van der Waals surface area (Å²) in [5.74, 6) is 0. The Labute approximate surface area is 153 Å². The molecule has 0 aliphatic carbocycles. The number of halogens is 4. The van der Waals surface area contributed by atoms with Gasteiger partial charge in [-0.15, -0.1) is 0 Å². The molecule has 0 nitrogen and oxygen atoms in total. The van der Waals surface area contributed by atoms with Crippen molar-refractivity contribution in [1.29, 1.82) is 0 Å². The molecule has 25 heavy (non-hydrogen) atoms. The van der Waals surface area contributed by atoms with Crippen LogP contribution < -0.4 is 0 Å². The summed E-state index contributed by atoms with van der Waals surface area (Å²) in [6, 6.07) is 11.5. The van der Waals surface area contributed by atoms with Crippen LogP contribution in [0.3, 0.4) is 0 Å². The van der Waals surface area contributed by atoms with Crippen LogP contribution in [0.25, 0.3) is 0 Å². The minimum Gasteiger partial charge on any atom is -0.166 e. The van der Waals surface area contributed by atoms with Crippen molar-refractivity contribution >= 4 is 11.6 Å². The fraction of sp³-hybridized carbons (Fsp3) is 0.429.